The number of carbonyl (C=O) groups excluding carboxylic acids is 1. The SMILES string of the molecule is CCN(CC)c1cncc(C(=O)N2CCc3ccccc32)c1. The molecule has 1 amide bonds. The van der Waals surface area contributed by atoms with E-state index in [0.29, 0.717) is 5.56 Å². The second-order valence-electron chi connectivity index (χ2n) is 5.44. The van der Waals surface area contributed by atoms with Crippen molar-refractivity contribution in [3.05, 3.63) is 53.9 Å². The number of hydrogen-bond donors (Lipinski definition) is 0. The van der Waals surface area contributed by atoms with Gasteiger partial charge in [0.1, 0.15) is 0 Å². The van der Waals surface area contributed by atoms with Crippen LogP contribution in [0.3, 0.4) is 0 Å². The van der Waals surface area contributed by atoms with E-state index in [9.17, 15) is 4.79 Å². The third-order valence-corrected chi connectivity index (χ3v) is 4.23. The van der Waals surface area contributed by atoms with Crippen LogP contribution >= 0.6 is 0 Å². The van der Waals surface area contributed by atoms with Crippen LogP contribution < -0.4 is 9.80 Å². The van der Waals surface area contributed by atoms with Crippen LogP contribution in [-0.2, 0) is 6.42 Å². The first-order valence-electron chi connectivity index (χ1n) is 7.84. The molecule has 0 radical (unpaired) electrons. The number of anilines is 2. The maximum absolute atomic E-state index is 12.8. The van der Waals surface area contributed by atoms with E-state index in [2.05, 4.69) is 29.8 Å². The quantitative estimate of drug-likeness (QED) is 0.869. The second-order valence-corrected chi connectivity index (χ2v) is 5.44. The molecule has 0 aliphatic carbocycles. The fourth-order valence-corrected chi connectivity index (χ4v) is 3.01. The van der Waals surface area contributed by atoms with Crippen LogP contribution in [0.15, 0.2) is 42.7 Å². The molecule has 4 nitrogen and oxygen atoms in total. The van der Waals surface area contributed by atoms with Crippen molar-refractivity contribution < 1.29 is 4.79 Å². The first-order chi connectivity index (χ1) is 10.7. The molecule has 1 aliphatic rings. The van der Waals surface area contributed by atoms with Gasteiger partial charge in [-0.2, -0.15) is 0 Å². The minimum absolute atomic E-state index is 0.0338. The number of aromatic nitrogens is 1. The van der Waals surface area contributed by atoms with Gasteiger partial charge in [0.2, 0.25) is 0 Å². The van der Waals surface area contributed by atoms with Crippen molar-refractivity contribution in [1.82, 2.24) is 4.98 Å². The highest BCUT2D eigenvalue weighted by Crippen LogP contribution is 2.29. The Kier molecular flexibility index (Phi) is 4.09. The van der Waals surface area contributed by atoms with Crippen molar-refractivity contribution in [2.24, 2.45) is 0 Å². The Labute approximate surface area is 131 Å². The molecule has 2 aromatic rings. The molecule has 0 saturated carbocycles. The normalized spacial score (nSPS) is 13.1. The first kappa shape index (κ1) is 14.6. The molecule has 2 heterocycles. The van der Waals surface area contributed by atoms with E-state index in [0.717, 1.165) is 37.4 Å². The summed E-state index contributed by atoms with van der Waals surface area (Å²) in [6.07, 6.45) is 4.41. The lowest BCUT2D eigenvalue weighted by molar-refractivity contribution is 0.0989. The van der Waals surface area contributed by atoms with E-state index in [4.69, 9.17) is 0 Å². The lowest BCUT2D eigenvalue weighted by atomic mass is 10.1. The summed E-state index contributed by atoms with van der Waals surface area (Å²) in [5.41, 5.74) is 3.92. The number of amides is 1. The molecular weight excluding hydrogens is 274 g/mol. The standard InChI is InChI=1S/C18H21N3O/c1-3-20(4-2)16-11-15(12-19-13-16)18(22)21-10-9-14-7-5-6-8-17(14)21/h5-8,11-13H,3-4,9-10H2,1-2H3. The van der Waals surface area contributed by atoms with Crippen molar-refractivity contribution >= 4 is 17.3 Å². The van der Waals surface area contributed by atoms with Crippen LogP contribution in [0.4, 0.5) is 11.4 Å². The number of fused-ring (bicyclic) bond motifs is 1. The van der Waals surface area contributed by atoms with Crippen LogP contribution in [0.2, 0.25) is 0 Å². The van der Waals surface area contributed by atoms with E-state index in [-0.39, 0.29) is 5.91 Å². The summed E-state index contributed by atoms with van der Waals surface area (Å²) in [5, 5.41) is 0. The summed E-state index contributed by atoms with van der Waals surface area (Å²) in [4.78, 5) is 21.1. The molecule has 0 N–H and O–H groups in total. The second kappa shape index (κ2) is 6.18. The number of nitrogens with zero attached hydrogens (tertiary/aromatic N) is 3. The average Bonchev–Trinajstić information content (AvgIpc) is 3.00. The van der Waals surface area contributed by atoms with Crippen molar-refractivity contribution in [1.29, 1.82) is 0 Å². The van der Waals surface area contributed by atoms with E-state index in [1.807, 2.05) is 35.4 Å². The largest absolute Gasteiger partial charge is 0.371 e. The van der Waals surface area contributed by atoms with Gasteiger partial charge in [0.25, 0.3) is 5.91 Å². The van der Waals surface area contributed by atoms with Crippen LogP contribution in [0.1, 0.15) is 29.8 Å². The van der Waals surface area contributed by atoms with Crippen LogP contribution in [0.5, 0.6) is 0 Å². The van der Waals surface area contributed by atoms with Gasteiger partial charge in [0, 0.05) is 31.5 Å². The predicted octanol–water partition coefficient (Wildman–Crippen LogP) is 3.13. The molecule has 0 atom stereocenters. The van der Waals surface area contributed by atoms with Gasteiger partial charge in [-0.25, -0.2) is 0 Å². The van der Waals surface area contributed by atoms with Gasteiger partial charge in [-0.1, -0.05) is 18.2 Å². The van der Waals surface area contributed by atoms with E-state index in [1.165, 1.54) is 5.56 Å². The maximum atomic E-state index is 12.8. The van der Waals surface area contributed by atoms with E-state index < -0.39 is 0 Å². The molecule has 114 valence electrons. The third kappa shape index (κ3) is 2.56. The maximum Gasteiger partial charge on any atom is 0.259 e. The molecule has 1 aromatic carbocycles. The summed E-state index contributed by atoms with van der Waals surface area (Å²) >= 11 is 0. The number of benzene rings is 1. The van der Waals surface area contributed by atoms with E-state index >= 15 is 0 Å². The molecule has 0 bridgehead atoms. The van der Waals surface area contributed by atoms with Gasteiger partial charge in [-0.3, -0.25) is 9.78 Å². The Balaban J connectivity index is 1.89. The molecule has 0 saturated heterocycles. The molecule has 0 unspecified atom stereocenters. The van der Waals surface area contributed by atoms with Gasteiger partial charge in [-0.05, 0) is 38.0 Å². The summed E-state index contributed by atoms with van der Waals surface area (Å²) in [5.74, 6) is 0.0338. The Morgan fingerprint density at radius 3 is 2.77 bits per heavy atom. The molecule has 22 heavy (non-hydrogen) atoms. The molecule has 0 fully saturated rings. The smallest absolute Gasteiger partial charge is 0.259 e. The summed E-state index contributed by atoms with van der Waals surface area (Å²) in [6, 6.07) is 10.1. The minimum atomic E-state index is 0.0338. The molecule has 1 aromatic heterocycles. The number of carbonyl (C=O) groups is 1. The van der Waals surface area contributed by atoms with Crippen molar-refractivity contribution in [3.8, 4) is 0 Å². The summed E-state index contributed by atoms with van der Waals surface area (Å²) < 4.78 is 0. The van der Waals surface area contributed by atoms with E-state index in [1.54, 1.807) is 6.20 Å². The Morgan fingerprint density at radius 2 is 2.00 bits per heavy atom. The number of pyridine rings is 1. The molecular formula is C18H21N3O. The predicted molar refractivity (Wildman–Crippen MR) is 89.6 cm³/mol. The highest BCUT2D eigenvalue weighted by atomic mass is 16.2. The van der Waals surface area contributed by atoms with Crippen molar-refractivity contribution in [2.45, 2.75) is 20.3 Å². The molecule has 3 rings (SSSR count). The Morgan fingerprint density at radius 1 is 1.23 bits per heavy atom. The van der Waals surface area contributed by atoms with Gasteiger partial charge < -0.3 is 9.80 Å². The average molecular weight is 295 g/mol. The molecule has 4 heteroatoms. The van der Waals surface area contributed by atoms with Crippen LogP contribution in [0, 0.1) is 0 Å². The Hall–Kier alpha value is -2.36. The highest BCUT2D eigenvalue weighted by Gasteiger charge is 2.25. The van der Waals surface area contributed by atoms with Crippen molar-refractivity contribution in [3.63, 3.8) is 0 Å². The van der Waals surface area contributed by atoms with Gasteiger partial charge >= 0.3 is 0 Å². The van der Waals surface area contributed by atoms with Gasteiger partial charge in [-0.15, -0.1) is 0 Å². The lowest BCUT2D eigenvalue weighted by Crippen LogP contribution is -2.29. The number of para-hydroxylation sites is 1. The fourth-order valence-electron chi connectivity index (χ4n) is 3.01. The topological polar surface area (TPSA) is 36.4 Å². The monoisotopic (exact) mass is 295 g/mol. The summed E-state index contributed by atoms with van der Waals surface area (Å²) in [6.45, 7) is 6.77. The molecule has 0 spiro atoms. The van der Waals surface area contributed by atoms with Crippen LogP contribution in [0.25, 0.3) is 0 Å². The first-order valence-corrected chi connectivity index (χ1v) is 7.84. The lowest BCUT2D eigenvalue weighted by Gasteiger charge is -2.22. The fraction of sp³-hybridized carbons (Fsp3) is 0.333. The zero-order valence-corrected chi connectivity index (χ0v) is 13.1. The highest BCUT2D eigenvalue weighted by molar-refractivity contribution is 6.07. The van der Waals surface area contributed by atoms with Crippen LogP contribution in [-0.4, -0.2) is 30.5 Å². The zero-order chi connectivity index (χ0) is 15.5. The summed E-state index contributed by atoms with van der Waals surface area (Å²) in [7, 11) is 0. The minimum Gasteiger partial charge on any atom is -0.371 e. The number of hydrogen-bond acceptors (Lipinski definition) is 3. The molecule has 1 aliphatic heterocycles. The van der Waals surface area contributed by atoms with Gasteiger partial charge in [0.05, 0.1) is 17.4 Å². The third-order valence-electron chi connectivity index (χ3n) is 4.23. The number of rotatable bonds is 4. The zero-order valence-electron chi connectivity index (χ0n) is 13.1. The van der Waals surface area contributed by atoms with Gasteiger partial charge in [0.15, 0.2) is 0 Å². The van der Waals surface area contributed by atoms with Crippen molar-refractivity contribution in [2.75, 3.05) is 29.4 Å². The Bertz CT molecular complexity index is 680.